The van der Waals surface area contributed by atoms with Gasteiger partial charge in [-0.2, -0.15) is 0 Å². The first-order chi connectivity index (χ1) is 11.0. The van der Waals surface area contributed by atoms with Crippen LogP contribution in [0.3, 0.4) is 0 Å². The van der Waals surface area contributed by atoms with Crippen LogP contribution >= 0.6 is 0 Å². The van der Waals surface area contributed by atoms with E-state index in [2.05, 4.69) is 9.88 Å². The normalized spacial score (nSPS) is 21.3. The molecular formula is C18H24N2O3. The van der Waals surface area contributed by atoms with E-state index in [9.17, 15) is 5.11 Å². The number of oxazole rings is 1. The van der Waals surface area contributed by atoms with E-state index < -0.39 is 5.60 Å². The van der Waals surface area contributed by atoms with Gasteiger partial charge in [-0.25, -0.2) is 4.98 Å². The van der Waals surface area contributed by atoms with E-state index >= 15 is 0 Å². The van der Waals surface area contributed by atoms with Crippen molar-refractivity contribution in [1.82, 2.24) is 9.88 Å². The molecule has 1 aromatic heterocycles. The van der Waals surface area contributed by atoms with Crippen LogP contribution in [0.15, 0.2) is 34.9 Å². The van der Waals surface area contributed by atoms with Crippen molar-refractivity contribution in [2.75, 3.05) is 13.7 Å². The summed E-state index contributed by atoms with van der Waals surface area (Å²) in [6.45, 7) is 5.35. The monoisotopic (exact) mass is 316 g/mol. The minimum Gasteiger partial charge on any atom is -0.497 e. The van der Waals surface area contributed by atoms with E-state index in [1.165, 1.54) is 0 Å². The van der Waals surface area contributed by atoms with Crippen LogP contribution < -0.4 is 4.74 Å². The second-order valence-corrected chi connectivity index (χ2v) is 6.37. The molecule has 23 heavy (non-hydrogen) atoms. The number of likely N-dealkylation sites (tertiary alicyclic amines) is 1. The summed E-state index contributed by atoms with van der Waals surface area (Å²) in [4.78, 5) is 6.54. The highest BCUT2D eigenvalue weighted by Crippen LogP contribution is 2.36. The zero-order valence-electron chi connectivity index (χ0n) is 14.0. The molecule has 0 radical (unpaired) electrons. The molecule has 3 rings (SSSR count). The maximum absolute atomic E-state index is 11.2. The minimum atomic E-state index is -0.926. The average Bonchev–Trinajstić information content (AvgIpc) is 3.17. The van der Waals surface area contributed by atoms with Gasteiger partial charge in [0.15, 0.2) is 0 Å². The lowest BCUT2D eigenvalue weighted by atomic mass is 9.86. The van der Waals surface area contributed by atoms with E-state index in [4.69, 9.17) is 9.15 Å². The first kappa shape index (κ1) is 16.0. The molecule has 1 fully saturated rings. The highest BCUT2D eigenvalue weighted by molar-refractivity contribution is 5.31. The van der Waals surface area contributed by atoms with E-state index in [1.807, 2.05) is 38.1 Å². The number of aryl methyl sites for hydroxylation is 1. The predicted molar refractivity (Wildman–Crippen MR) is 87.2 cm³/mol. The number of hydrogen-bond acceptors (Lipinski definition) is 5. The number of nitrogens with zero attached hydrogens (tertiary/aromatic N) is 2. The second kappa shape index (κ2) is 6.34. The molecule has 2 heterocycles. The number of rotatable bonds is 5. The molecule has 0 spiro atoms. The largest absolute Gasteiger partial charge is 0.497 e. The topological polar surface area (TPSA) is 58.7 Å². The number of benzene rings is 1. The molecule has 0 bridgehead atoms. The molecule has 2 unspecified atom stereocenters. The molecule has 1 aromatic carbocycles. The van der Waals surface area contributed by atoms with Crippen molar-refractivity contribution >= 4 is 0 Å². The van der Waals surface area contributed by atoms with Gasteiger partial charge in [0.1, 0.15) is 17.1 Å². The summed E-state index contributed by atoms with van der Waals surface area (Å²) < 4.78 is 10.8. The summed E-state index contributed by atoms with van der Waals surface area (Å²) in [5.41, 5.74) is -0.0245. The first-order valence-electron chi connectivity index (χ1n) is 8.03. The highest BCUT2D eigenvalue weighted by Gasteiger charge is 2.40. The lowest BCUT2D eigenvalue weighted by Gasteiger charge is -2.36. The van der Waals surface area contributed by atoms with E-state index in [0.717, 1.165) is 36.5 Å². The molecule has 1 saturated heterocycles. The fraction of sp³-hybridized carbons (Fsp3) is 0.500. The van der Waals surface area contributed by atoms with Gasteiger partial charge in [0.05, 0.1) is 19.9 Å². The Hall–Kier alpha value is -1.85. The van der Waals surface area contributed by atoms with Gasteiger partial charge in [-0.05, 0) is 50.9 Å². The molecule has 2 aromatic rings. The highest BCUT2D eigenvalue weighted by atomic mass is 16.5. The summed E-state index contributed by atoms with van der Waals surface area (Å²) in [5.74, 6) is 2.32. The number of ether oxygens (including phenoxy) is 1. The van der Waals surface area contributed by atoms with E-state index in [1.54, 1.807) is 13.3 Å². The van der Waals surface area contributed by atoms with Crippen LogP contribution in [0.4, 0.5) is 0 Å². The van der Waals surface area contributed by atoms with Crippen molar-refractivity contribution in [3.8, 4) is 5.75 Å². The Balaban J connectivity index is 1.79. The second-order valence-electron chi connectivity index (χ2n) is 6.37. The molecular weight excluding hydrogens is 292 g/mol. The van der Waals surface area contributed by atoms with E-state index in [0.29, 0.717) is 12.4 Å². The zero-order valence-corrected chi connectivity index (χ0v) is 14.0. The van der Waals surface area contributed by atoms with Crippen LogP contribution in [0.5, 0.6) is 5.75 Å². The molecule has 5 heteroatoms. The third-order valence-corrected chi connectivity index (χ3v) is 4.69. The van der Waals surface area contributed by atoms with Gasteiger partial charge < -0.3 is 14.3 Å². The van der Waals surface area contributed by atoms with Crippen molar-refractivity contribution < 1.29 is 14.3 Å². The number of hydrogen-bond donors (Lipinski definition) is 1. The Labute approximate surface area is 136 Å². The van der Waals surface area contributed by atoms with Crippen LogP contribution in [0, 0.1) is 6.92 Å². The van der Waals surface area contributed by atoms with Gasteiger partial charge in [-0.1, -0.05) is 12.1 Å². The minimum absolute atomic E-state index is 0.0445. The standard InChI is InChI=1S/C18H24N2O3/c1-13-11-19-17(23-13)12-20-10-4-5-16(20)18(2,21)14-6-8-15(22-3)9-7-14/h6-9,11,16,21H,4-5,10,12H2,1-3H3. The average molecular weight is 316 g/mol. The lowest BCUT2D eigenvalue weighted by molar-refractivity contribution is -0.0274. The predicted octanol–water partition coefficient (Wildman–Crippen LogP) is 2.86. The maximum Gasteiger partial charge on any atom is 0.208 e. The van der Waals surface area contributed by atoms with Crippen LogP contribution in [0.25, 0.3) is 0 Å². The lowest BCUT2D eigenvalue weighted by Crippen LogP contribution is -2.45. The number of methoxy groups -OCH3 is 1. The summed E-state index contributed by atoms with van der Waals surface area (Å²) >= 11 is 0. The van der Waals surface area contributed by atoms with Crippen molar-refractivity contribution in [2.24, 2.45) is 0 Å². The van der Waals surface area contributed by atoms with Crippen LogP contribution in [-0.4, -0.2) is 34.7 Å². The molecule has 0 amide bonds. The van der Waals surface area contributed by atoms with Crippen molar-refractivity contribution in [3.63, 3.8) is 0 Å². The van der Waals surface area contributed by atoms with Gasteiger partial charge in [0.25, 0.3) is 0 Å². The van der Waals surface area contributed by atoms with Crippen molar-refractivity contribution in [3.05, 3.63) is 47.7 Å². The molecule has 5 nitrogen and oxygen atoms in total. The Morgan fingerprint density at radius 2 is 2.13 bits per heavy atom. The van der Waals surface area contributed by atoms with Crippen molar-refractivity contribution in [2.45, 2.75) is 44.9 Å². The fourth-order valence-corrected chi connectivity index (χ4v) is 3.42. The van der Waals surface area contributed by atoms with Gasteiger partial charge >= 0.3 is 0 Å². The van der Waals surface area contributed by atoms with Crippen molar-refractivity contribution in [1.29, 1.82) is 0 Å². The summed E-state index contributed by atoms with van der Waals surface area (Å²) in [6, 6.07) is 7.69. The molecule has 124 valence electrons. The molecule has 1 aliphatic rings. The fourth-order valence-electron chi connectivity index (χ4n) is 3.42. The molecule has 0 aliphatic carbocycles. The van der Waals surface area contributed by atoms with E-state index in [-0.39, 0.29) is 6.04 Å². The van der Waals surface area contributed by atoms with Crippen LogP contribution in [0.1, 0.15) is 37.0 Å². The van der Waals surface area contributed by atoms with Crippen LogP contribution in [0.2, 0.25) is 0 Å². The Morgan fingerprint density at radius 1 is 1.39 bits per heavy atom. The molecule has 0 saturated carbocycles. The smallest absolute Gasteiger partial charge is 0.208 e. The van der Waals surface area contributed by atoms with Gasteiger partial charge in [-0.3, -0.25) is 4.90 Å². The maximum atomic E-state index is 11.2. The Kier molecular flexibility index (Phi) is 4.41. The van der Waals surface area contributed by atoms with Gasteiger partial charge in [-0.15, -0.1) is 0 Å². The quantitative estimate of drug-likeness (QED) is 0.919. The molecule has 1 aliphatic heterocycles. The zero-order chi connectivity index (χ0) is 16.4. The number of aliphatic hydroxyl groups is 1. The summed E-state index contributed by atoms with van der Waals surface area (Å²) in [5, 5.41) is 11.2. The molecule has 2 atom stereocenters. The SMILES string of the molecule is COc1ccc(C(C)(O)C2CCCN2Cc2ncc(C)o2)cc1. The van der Waals surface area contributed by atoms with Crippen LogP contribution in [-0.2, 0) is 12.1 Å². The first-order valence-corrected chi connectivity index (χ1v) is 8.03. The Bertz CT molecular complexity index is 649. The summed E-state index contributed by atoms with van der Waals surface area (Å²) in [7, 11) is 1.64. The third kappa shape index (κ3) is 3.26. The third-order valence-electron chi connectivity index (χ3n) is 4.69. The van der Waals surface area contributed by atoms with Gasteiger partial charge in [0, 0.05) is 6.04 Å². The van der Waals surface area contributed by atoms with Gasteiger partial charge in [0.2, 0.25) is 5.89 Å². The Morgan fingerprint density at radius 3 is 2.74 bits per heavy atom. The number of aromatic nitrogens is 1. The molecule has 1 N–H and O–H groups in total. The summed E-state index contributed by atoms with van der Waals surface area (Å²) in [6.07, 6.45) is 3.76.